The third-order valence-corrected chi connectivity index (χ3v) is 2.97. The Bertz CT molecular complexity index is 355. The molecular formula is C17H28O2. The molecule has 2 heteroatoms. The molecule has 1 N–H and O–H groups in total. The summed E-state index contributed by atoms with van der Waals surface area (Å²) in [5, 5.41) is 8.55. The zero-order valence-electron chi connectivity index (χ0n) is 12.8. The van der Waals surface area contributed by atoms with Crippen LogP contribution in [0.2, 0.25) is 0 Å². The van der Waals surface area contributed by atoms with Crippen LogP contribution in [0.3, 0.4) is 0 Å². The van der Waals surface area contributed by atoms with Gasteiger partial charge in [-0.15, -0.1) is 0 Å². The first-order valence-corrected chi connectivity index (χ1v) is 7.08. The van der Waals surface area contributed by atoms with Crippen LogP contribution in [0.25, 0.3) is 0 Å². The third kappa shape index (κ3) is 12.9. The monoisotopic (exact) mass is 264 g/mol. The number of carbonyl (C=O) groups is 1. The molecule has 0 saturated heterocycles. The van der Waals surface area contributed by atoms with Gasteiger partial charge in [-0.25, -0.2) is 0 Å². The molecule has 0 aromatic heterocycles. The molecule has 0 saturated carbocycles. The van der Waals surface area contributed by atoms with E-state index >= 15 is 0 Å². The summed E-state index contributed by atoms with van der Waals surface area (Å²) in [6.45, 7) is 8.52. The van der Waals surface area contributed by atoms with Gasteiger partial charge < -0.3 is 5.11 Å². The molecule has 0 aliphatic carbocycles. The largest absolute Gasteiger partial charge is 0.481 e. The lowest BCUT2D eigenvalue weighted by molar-refractivity contribution is -0.136. The fourth-order valence-corrected chi connectivity index (χ4v) is 1.78. The molecule has 0 heterocycles. The average molecular weight is 264 g/mol. The van der Waals surface area contributed by atoms with Crippen molar-refractivity contribution in [2.24, 2.45) is 0 Å². The molecule has 0 unspecified atom stereocenters. The van der Waals surface area contributed by atoms with E-state index in [-0.39, 0.29) is 6.42 Å². The predicted molar refractivity (Wildman–Crippen MR) is 82.3 cm³/mol. The second-order valence-electron chi connectivity index (χ2n) is 5.39. The molecule has 0 aromatic rings. The molecule has 2 nitrogen and oxygen atoms in total. The second kappa shape index (κ2) is 10.6. The van der Waals surface area contributed by atoms with Gasteiger partial charge in [0.05, 0.1) is 0 Å². The van der Waals surface area contributed by atoms with Crippen LogP contribution in [-0.2, 0) is 4.79 Å². The summed E-state index contributed by atoms with van der Waals surface area (Å²) in [7, 11) is 0. The highest BCUT2D eigenvalue weighted by Crippen LogP contribution is 2.12. The molecule has 19 heavy (non-hydrogen) atoms. The topological polar surface area (TPSA) is 37.3 Å². The summed E-state index contributed by atoms with van der Waals surface area (Å²) < 4.78 is 0. The fourth-order valence-electron chi connectivity index (χ4n) is 1.78. The summed E-state index contributed by atoms with van der Waals surface area (Å²) in [6.07, 6.45) is 11.8. The Morgan fingerprint density at radius 3 is 1.63 bits per heavy atom. The maximum atomic E-state index is 10.4. The Balaban J connectivity index is 3.86. The number of aliphatic carboxylic acids is 1. The fraction of sp³-hybridized carbons (Fsp3) is 0.588. The van der Waals surface area contributed by atoms with E-state index in [1.807, 2.05) is 6.08 Å². The number of carboxylic acids is 1. The summed E-state index contributed by atoms with van der Waals surface area (Å²) in [4.78, 5) is 10.4. The van der Waals surface area contributed by atoms with Gasteiger partial charge in [-0.05, 0) is 59.8 Å². The van der Waals surface area contributed by atoms with E-state index in [0.29, 0.717) is 6.42 Å². The highest BCUT2D eigenvalue weighted by molar-refractivity contribution is 5.66. The summed E-state index contributed by atoms with van der Waals surface area (Å²) in [6, 6.07) is 0. The van der Waals surface area contributed by atoms with E-state index in [1.165, 1.54) is 16.7 Å². The zero-order chi connectivity index (χ0) is 14.7. The minimum absolute atomic E-state index is 0.231. The molecule has 0 atom stereocenters. The second-order valence-corrected chi connectivity index (χ2v) is 5.39. The van der Waals surface area contributed by atoms with E-state index < -0.39 is 5.97 Å². The number of carboxylic acid groups (broad SMARTS) is 1. The van der Waals surface area contributed by atoms with Crippen molar-refractivity contribution in [1.82, 2.24) is 0 Å². The summed E-state index contributed by atoms with van der Waals surface area (Å²) in [5.74, 6) is -0.723. The SMILES string of the molecule is CC(C)=CCC/C(C)=C/CCC(C)=CCCC(=O)O. The Hall–Kier alpha value is -1.31. The third-order valence-electron chi connectivity index (χ3n) is 2.97. The van der Waals surface area contributed by atoms with Gasteiger partial charge in [0, 0.05) is 6.42 Å². The quantitative estimate of drug-likeness (QED) is 0.576. The Morgan fingerprint density at radius 2 is 1.21 bits per heavy atom. The van der Waals surface area contributed by atoms with Crippen molar-refractivity contribution < 1.29 is 9.90 Å². The van der Waals surface area contributed by atoms with Gasteiger partial charge >= 0.3 is 5.97 Å². The first kappa shape index (κ1) is 17.7. The van der Waals surface area contributed by atoms with Crippen molar-refractivity contribution in [3.63, 3.8) is 0 Å². The first-order chi connectivity index (χ1) is 8.91. The Labute approximate surface area is 117 Å². The molecule has 0 spiro atoms. The molecule has 0 aromatic carbocycles. The molecular weight excluding hydrogens is 236 g/mol. The van der Waals surface area contributed by atoms with Crippen LogP contribution >= 0.6 is 0 Å². The van der Waals surface area contributed by atoms with Crippen molar-refractivity contribution in [1.29, 1.82) is 0 Å². The number of hydrogen-bond donors (Lipinski definition) is 1. The lowest BCUT2D eigenvalue weighted by atomic mass is 10.1. The van der Waals surface area contributed by atoms with Gasteiger partial charge in [-0.3, -0.25) is 4.79 Å². The van der Waals surface area contributed by atoms with E-state index in [0.717, 1.165) is 25.7 Å². The number of rotatable bonds is 9. The van der Waals surface area contributed by atoms with Crippen LogP contribution in [0.5, 0.6) is 0 Å². The molecule has 0 rings (SSSR count). The number of allylic oxidation sites excluding steroid dienone is 6. The van der Waals surface area contributed by atoms with Crippen LogP contribution in [0.1, 0.15) is 66.2 Å². The van der Waals surface area contributed by atoms with Gasteiger partial charge in [0.15, 0.2) is 0 Å². The van der Waals surface area contributed by atoms with E-state index in [9.17, 15) is 4.79 Å². The normalized spacial score (nSPS) is 12.4. The summed E-state index contributed by atoms with van der Waals surface area (Å²) in [5.41, 5.74) is 4.11. The van der Waals surface area contributed by atoms with Crippen LogP contribution in [0.4, 0.5) is 0 Å². The average Bonchev–Trinajstić information content (AvgIpc) is 2.27. The van der Waals surface area contributed by atoms with Crippen molar-refractivity contribution in [3.8, 4) is 0 Å². The van der Waals surface area contributed by atoms with Crippen molar-refractivity contribution in [3.05, 3.63) is 34.9 Å². The maximum Gasteiger partial charge on any atom is 0.303 e. The van der Waals surface area contributed by atoms with Crippen LogP contribution in [0.15, 0.2) is 34.9 Å². The molecule has 0 fully saturated rings. The van der Waals surface area contributed by atoms with Gasteiger partial charge in [0.25, 0.3) is 0 Å². The molecule has 0 aliphatic rings. The zero-order valence-corrected chi connectivity index (χ0v) is 12.8. The van der Waals surface area contributed by atoms with Crippen LogP contribution in [-0.4, -0.2) is 11.1 Å². The lowest BCUT2D eigenvalue weighted by Crippen LogP contribution is -1.92. The molecule has 0 amide bonds. The van der Waals surface area contributed by atoms with Crippen LogP contribution in [0, 0.1) is 0 Å². The van der Waals surface area contributed by atoms with Crippen LogP contribution < -0.4 is 0 Å². The highest BCUT2D eigenvalue weighted by atomic mass is 16.4. The predicted octanol–water partition coefficient (Wildman–Crippen LogP) is 5.27. The standard InChI is InChI=1S/C17H28O2/c1-14(2)8-5-9-15(3)10-6-11-16(4)12-7-13-17(18)19/h8,10,12H,5-7,9,11,13H2,1-4H3,(H,18,19)/b15-10+,16-12?. The van der Waals surface area contributed by atoms with Gasteiger partial charge in [-0.2, -0.15) is 0 Å². The van der Waals surface area contributed by atoms with Crippen molar-refractivity contribution in [2.45, 2.75) is 66.2 Å². The lowest BCUT2D eigenvalue weighted by Gasteiger charge is -2.01. The van der Waals surface area contributed by atoms with Gasteiger partial charge in [0.2, 0.25) is 0 Å². The molecule has 0 radical (unpaired) electrons. The Kier molecular flexibility index (Phi) is 9.87. The smallest absolute Gasteiger partial charge is 0.303 e. The molecule has 0 bridgehead atoms. The van der Waals surface area contributed by atoms with E-state index in [1.54, 1.807) is 0 Å². The Morgan fingerprint density at radius 1 is 0.789 bits per heavy atom. The van der Waals surface area contributed by atoms with E-state index in [4.69, 9.17) is 5.11 Å². The van der Waals surface area contributed by atoms with Gasteiger partial charge in [-0.1, -0.05) is 34.9 Å². The summed E-state index contributed by atoms with van der Waals surface area (Å²) >= 11 is 0. The number of hydrogen-bond acceptors (Lipinski definition) is 1. The maximum absolute atomic E-state index is 10.4. The first-order valence-electron chi connectivity index (χ1n) is 7.08. The minimum atomic E-state index is -0.723. The molecule has 108 valence electrons. The highest BCUT2D eigenvalue weighted by Gasteiger charge is 1.95. The minimum Gasteiger partial charge on any atom is -0.481 e. The van der Waals surface area contributed by atoms with E-state index in [2.05, 4.69) is 39.8 Å². The van der Waals surface area contributed by atoms with Crippen molar-refractivity contribution >= 4 is 5.97 Å². The molecule has 0 aliphatic heterocycles. The van der Waals surface area contributed by atoms with Gasteiger partial charge in [0.1, 0.15) is 0 Å². The van der Waals surface area contributed by atoms with Crippen molar-refractivity contribution in [2.75, 3.05) is 0 Å².